The third kappa shape index (κ3) is 4.96. The summed E-state index contributed by atoms with van der Waals surface area (Å²) >= 11 is 0. The SMILES string of the molecule is Cc1cc(C)nc(OC2CCN(C(=O)Cc3cccc(C(F)(F)F)c3)C2)n1. The predicted molar refractivity (Wildman–Crippen MR) is 92.3 cm³/mol. The monoisotopic (exact) mass is 379 g/mol. The predicted octanol–water partition coefficient (Wildman–Crippen LogP) is 3.33. The first-order chi connectivity index (χ1) is 12.7. The number of nitrogens with zero attached hydrogens (tertiary/aromatic N) is 3. The number of carbonyl (C=O) groups excluding carboxylic acids is 1. The molecule has 2 aromatic rings. The van der Waals surface area contributed by atoms with Crippen molar-refractivity contribution < 1.29 is 22.7 Å². The largest absolute Gasteiger partial charge is 0.458 e. The first-order valence-corrected chi connectivity index (χ1v) is 8.63. The molecule has 0 spiro atoms. The van der Waals surface area contributed by atoms with E-state index in [1.165, 1.54) is 12.1 Å². The molecule has 1 unspecified atom stereocenters. The second kappa shape index (κ2) is 7.54. The van der Waals surface area contributed by atoms with Gasteiger partial charge in [-0.1, -0.05) is 18.2 Å². The number of hydrogen-bond donors (Lipinski definition) is 0. The number of hydrogen-bond acceptors (Lipinski definition) is 4. The Morgan fingerprint density at radius 1 is 1.22 bits per heavy atom. The molecule has 1 aromatic carbocycles. The van der Waals surface area contributed by atoms with Crippen LogP contribution in [-0.4, -0.2) is 40.0 Å². The molecule has 0 radical (unpaired) electrons. The van der Waals surface area contributed by atoms with Gasteiger partial charge in [-0.2, -0.15) is 13.2 Å². The zero-order valence-electron chi connectivity index (χ0n) is 15.1. The number of rotatable bonds is 4. The second-order valence-corrected chi connectivity index (χ2v) is 6.68. The highest BCUT2D eigenvalue weighted by molar-refractivity contribution is 5.79. The van der Waals surface area contributed by atoms with Crippen molar-refractivity contribution >= 4 is 5.91 Å². The van der Waals surface area contributed by atoms with Crippen molar-refractivity contribution in [3.63, 3.8) is 0 Å². The van der Waals surface area contributed by atoms with Gasteiger partial charge >= 0.3 is 12.2 Å². The number of aryl methyl sites for hydroxylation is 2. The zero-order chi connectivity index (χ0) is 19.6. The summed E-state index contributed by atoms with van der Waals surface area (Å²) in [6.45, 7) is 4.56. The fourth-order valence-corrected chi connectivity index (χ4v) is 3.09. The number of alkyl halides is 3. The van der Waals surface area contributed by atoms with Crippen LogP contribution in [0.2, 0.25) is 0 Å². The first kappa shape index (κ1) is 19.1. The number of likely N-dealkylation sites (tertiary alicyclic amines) is 1. The molecule has 3 rings (SSSR count). The molecular formula is C19H20F3N3O2. The van der Waals surface area contributed by atoms with E-state index >= 15 is 0 Å². The third-order valence-corrected chi connectivity index (χ3v) is 4.34. The number of halogens is 3. The Morgan fingerprint density at radius 3 is 2.59 bits per heavy atom. The molecule has 2 heterocycles. The van der Waals surface area contributed by atoms with Gasteiger partial charge in [0.15, 0.2) is 0 Å². The molecule has 1 aromatic heterocycles. The Kier molecular flexibility index (Phi) is 5.34. The van der Waals surface area contributed by atoms with Crippen molar-refractivity contribution in [3.8, 4) is 6.01 Å². The molecule has 0 bridgehead atoms. The molecule has 1 fully saturated rings. The molecule has 0 saturated carbocycles. The van der Waals surface area contributed by atoms with E-state index in [1.807, 2.05) is 19.9 Å². The lowest BCUT2D eigenvalue weighted by Crippen LogP contribution is -2.32. The lowest BCUT2D eigenvalue weighted by Gasteiger charge is -2.17. The normalized spacial score (nSPS) is 17.2. The van der Waals surface area contributed by atoms with Crippen LogP contribution < -0.4 is 4.74 Å². The minimum absolute atomic E-state index is 0.0727. The van der Waals surface area contributed by atoms with Crippen LogP contribution >= 0.6 is 0 Å². The van der Waals surface area contributed by atoms with Crippen LogP contribution in [0.25, 0.3) is 0 Å². The van der Waals surface area contributed by atoms with E-state index in [2.05, 4.69) is 9.97 Å². The van der Waals surface area contributed by atoms with Gasteiger partial charge in [-0.3, -0.25) is 4.79 Å². The average molecular weight is 379 g/mol. The van der Waals surface area contributed by atoms with Gasteiger partial charge in [0.1, 0.15) is 6.10 Å². The van der Waals surface area contributed by atoms with Crippen LogP contribution in [-0.2, 0) is 17.4 Å². The standard InChI is InChI=1S/C19H20F3N3O2/c1-12-8-13(2)24-18(23-12)27-16-6-7-25(11-16)17(26)10-14-4-3-5-15(9-14)19(20,21)22/h3-5,8-9,16H,6-7,10-11H2,1-2H3. The topological polar surface area (TPSA) is 55.3 Å². The quantitative estimate of drug-likeness (QED) is 0.818. The smallest absolute Gasteiger partial charge is 0.416 e. The van der Waals surface area contributed by atoms with E-state index in [0.29, 0.717) is 25.1 Å². The molecule has 27 heavy (non-hydrogen) atoms. The summed E-state index contributed by atoms with van der Waals surface area (Å²) in [7, 11) is 0. The number of benzene rings is 1. The summed E-state index contributed by atoms with van der Waals surface area (Å²) in [4.78, 5) is 22.5. The Balaban J connectivity index is 1.59. The summed E-state index contributed by atoms with van der Waals surface area (Å²) in [6, 6.07) is 6.99. The van der Waals surface area contributed by atoms with Gasteiger partial charge in [-0.15, -0.1) is 0 Å². The summed E-state index contributed by atoms with van der Waals surface area (Å²) in [5.74, 6) is -0.221. The number of carbonyl (C=O) groups is 1. The highest BCUT2D eigenvalue weighted by atomic mass is 19.4. The third-order valence-electron chi connectivity index (χ3n) is 4.34. The van der Waals surface area contributed by atoms with E-state index < -0.39 is 11.7 Å². The second-order valence-electron chi connectivity index (χ2n) is 6.68. The Bertz CT molecular complexity index is 819. The van der Waals surface area contributed by atoms with Gasteiger partial charge < -0.3 is 9.64 Å². The van der Waals surface area contributed by atoms with Crippen LogP contribution in [0.15, 0.2) is 30.3 Å². The fraction of sp³-hybridized carbons (Fsp3) is 0.421. The van der Waals surface area contributed by atoms with E-state index in [0.717, 1.165) is 23.5 Å². The minimum atomic E-state index is -4.42. The molecule has 5 nitrogen and oxygen atoms in total. The van der Waals surface area contributed by atoms with Crippen molar-refractivity contribution in [2.75, 3.05) is 13.1 Å². The molecule has 0 N–H and O–H groups in total. The van der Waals surface area contributed by atoms with Gasteiger partial charge in [-0.05, 0) is 31.5 Å². The zero-order valence-corrected chi connectivity index (χ0v) is 15.1. The summed E-state index contributed by atoms with van der Waals surface area (Å²) in [5, 5.41) is 0. The number of ether oxygens (including phenoxy) is 1. The van der Waals surface area contributed by atoms with Gasteiger partial charge in [0.25, 0.3) is 0 Å². The van der Waals surface area contributed by atoms with Crippen molar-refractivity contribution in [2.24, 2.45) is 0 Å². The molecule has 1 saturated heterocycles. The average Bonchev–Trinajstić information content (AvgIpc) is 3.02. The van der Waals surface area contributed by atoms with Gasteiger partial charge in [0.05, 0.1) is 18.5 Å². The van der Waals surface area contributed by atoms with Gasteiger partial charge in [0.2, 0.25) is 5.91 Å². The molecule has 1 amide bonds. The number of aromatic nitrogens is 2. The van der Waals surface area contributed by atoms with Crippen LogP contribution in [0.4, 0.5) is 13.2 Å². The van der Waals surface area contributed by atoms with Gasteiger partial charge in [0, 0.05) is 24.4 Å². The molecule has 1 aliphatic heterocycles. The van der Waals surface area contributed by atoms with E-state index in [-0.39, 0.29) is 24.4 Å². The summed E-state index contributed by atoms with van der Waals surface area (Å²) in [5.41, 5.74) is 1.19. The van der Waals surface area contributed by atoms with E-state index in [4.69, 9.17) is 4.74 Å². The highest BCUT2D eigenvalue weighted by Gasteiger charge is 2.31. The van der Waals surface area contributed by atoms with Crippen molar-refractivity contribution in [2.45, 2.75) is 39.0 Å². The van der Waals surface area contributed by atoms with Crippen molar-refractivity contribution in [3.05, 3.63) is 52.8 Å². The van der Waals surface area contributed by atoms with E-state index in [9.17, 15) is 18.0 Å². The van der Waals surface area contributed by atoms with Gasteiger partial charge in [-0.25, -0.2) is 9.97 Å². The van der Waals surface area contributed by atoms with Crippen molar-refractivity contribution in [1.82, 2.24) is 14.9 Å². The fourth-order valence-electron chi connectivity index (χ4n) is 3.09. The van der Waals surface area contributed by atoms with Crippen LogP contribution in [0.5, 0.6) is 6.01 Å². The number of amides is 1. The molecule has 1 aliphatic rings. The molecular weight excluding hydrogens is 359 g/mol. The lowest BCUT2D eigenvalue weighted by molar-refractivity contribution is -0.138. The molecule has 0 aliphatic carbocycles. The Labute approximate surface area is 155 Å². The summed E-state index contributed by atoms with van der Waals surface area (Å²) < 4.78 is 44.2. The van der Waals surface area contributed by atoms with Crippen LogP contribution in [0, 0.1) is 13.8 Å². The molecule has 8 heteroatoms. The Hall–Kier alpha value is -2.64. The minimum Gasteiger partial charge on any atom is -0.458 e. The molecule has 144 valence electrons. The molecule has 1 atom stereocenters. The van der Waals surface area contributed by atoms with Crippen molar-refractivity contribution in [1.29, 1.82) is 0 Å². The maximum absolute atomic E-state index is 12.8. The maximum atomic E-state index is 12.8. The first-order valence-electron chi connectivity index (χ1n) is 8.63. The lowest BCUT2D eigenvalue weighted by atomic mass is 10.1. The van der Waals surface area contributed by atoms with E-state index in [1.54, 1.807) is 4.90 Å². The van der Waals surface area contributed by atoms with Crippen LogP contribution in [0.1, 0.15) is 28.9 Å². The maximum Gasteiger partial charge on any atom is 0.416 e. The van der Waals surface area contributed by atoms with Crippen LogP contribution in [0.3, 0.4) is 0 Å². The Morgan fingerprint density at radius 2 is 1.93 bits per heavy atom. The summed E-state index contributed by atoms with van der Waals surface area (Å²) in [6.07, 6.45) is -4.09. The highest BCUT2D eigenvalue weighted by Crippen LogP contribution is 2.29.